The summed E-state index contributed by atoms with van der Waals surface area (Å²) < 4.78 is 32.3. The van der Waals surface area contributed by atoms with Crippen molar-refractivity contribution in [3.63, 3.8) is 0 Å². The van der Waals surface area contributed by atoms with E-state index in [0.29, 0.717) is 5.69 Å². The summed E-state index contributed by atoms with van der Waals surface area (Å²) in [5.74, 6) is -0.494. The molecule has 0 radical (unpaired) electrons. The summed E-state index contributed by atoms with van der Waals surface area (Å²) >= 11 is 0. The van der Waals surface area contributed by atoms with Crippen LogP contribution in [0.2, 0.25) is 0 Å². The first-order chi connectivity index (χ1) is 13.8. The average molecular weight is 417 g/mol. The standard InChI is InChI=1S/C20H23N3O5S/c1-14(21-20(25)28-13-15-6-3-2-4-7-15)19(24)22-17-8-5-9-18(12-17)29(26,27)23-16-10-11-16/h2-9,12,14,16,23H,10-11,13H2,1H3,(H,21,25)(H,22,24)/t14-/m1/s1. The van der Waals surface area contributed by atoms with Gasteiger partial charge in [-0.2, -0.15) is 0 Å². The fourth-order valence-corrected chi connectivity index (χ4v) is 3.84. The molecule has 154 valence electrons. The number of alkyl carbamates (subject to hydrolysis) is 1. The quantitative estimate of drug-likeness (QED) is 0.610. The number of amides is 2. The van der Waals surface area contributed by atoms with Gasteiger partial charge >= 0.3 is 6.09 Å². The highest BCUT2D eigenvalue weighted by Gasteiger charge is 2.28. The van der Waals surface area contributed by atoms with Crippen LogP contribution in [0.1, 0.15) is 25.3 Å². The predicted octanol–water partition coefficient (Wildman–Crippen LogP) is 2.38. The normalized spacial score (nSPS) is 14.7. The van der Waals surface area contributed by atoms with Crippen LogP contribution in [0.15, 0.2) is 59.5 Å². The Kier molecular flexibility index (Phi) is 6.50. The highest BCUT2D eigenvalue weighted by Crippen LogP contribution is 2.23. The Morgan fingerprint density at radius 3 is 2.52 bits per heavy atom. The van der Waals surface area contributed by atoms with Crippen LogP contribution >= 0.6 is 0 Å². The third-order valence-electron chi connectivity index (χ3n) is 4.25. The van der Waals surface area contributed by atoms with Crippen molar-refractivity contribution in [2.24, 2.45) is 0 Å². The Hall–Kier alpha value is -2.91. The van der Waals surface area contributed by atoms with Crippen molar-refractivity contribution >= 4 is 27.7 Å². The zero-order valence-electron chi connectivity index (χ0n) is 15.9. The number of anilines is 1. The monoisotopic (exact) mass is 417 g/mol. The smallest absolute Gasteiger partial charge is 0.408 e. The molecule has 8 nitrogen and oxygen atoms in total. The Morgan fingerprint density at radius 1 is 1.10 bits per heavy atom. The molecule has 1 aliphatic rings. The second-order valence-corrected chi connectivity index (χ2v) is 8.55. The minimum atomic E-state index is -3.62. The molecule has 0 heterocycles. The van der Waals surface area contributed by atoms with E-state index >= 15 is 0 Å². The maximum atomic E-state index is 12.3. The molecular formula is C20H23N3O5S. The fourth-order valence-electron chi connectivity index (χ4n) is 2.49. The predicted molar refractivity (Wildman–Crippen MR) is 108 cm³/mol. The molecule has 3 rings (SSSR count). The molecule has 2 aromatic carbocycles. The number of hydrogen-bond acceptors (Lipinski definition) is 5. The molecule has 9 heteroatoms. The first-order valence-corrected chi connectivity index (χ1v) is 10.7. The molecule has 0 bridgehead atoms. The molecule has 3 N–H and O–H groups in total. The number of rotatable bonds is 8. The van der Waals surface area contributed by atoms with Gasteiger partial charge < -0.3 is 15.4 Å². The van der Waals surface area contributed by atoms with Crippen LogP contribution in [0.5, 0.6) is 0 Å². The van der Waals surface area contributed by atoms with Crippen LogP contribution in [0.3, 0.4) is 0 Å². The lowest BCUT2D eigenvalue weighted by Gasteiger charge is -2.15. The molecular weight excluding hydrogens is 394 g/mol. The van der Waals surface area contributed by atoms with E-state index in [1.54, 1.807) is 12.1 Å². The summed E-state index contributed by atoms with van der Waals surface area (Å²) in [6, 6.07) is 14.3. The first-order valence-electron chi connectivity index (χ1n) is 9.24. The summed E-state index contributed by atoms with van der Waals surface area (Å²) in [5, 5.41) is 5.05. The number of benzene rings is 2. The molecule has 0 saturated heterocycles. The van der Waals surface area contributed by atoms with Gasteiger partial charge in [0.15, 0.2) is 0 Å². The van der Waals surface area contributed by atoms with E-state index in [1.807, 2.05) is 30.3 Å². The lowest BCUT2D eigenvalue weighted by atomic mass is 10.2. The van der Waals surface area contributed by atoms with Crippen LogP contribution in [-0.4, -0.2) is 32.5 Å². The van der Waals surface area contributed by atoms with Gasteiger partial charge in [-0.1, -0.05) is 36.4 Å². The largest absolute Gasteiger partial charge is 0.445 e. The maximum absolute atomic E-state index is 12.3. The third kappa shape index (κ3) is 6.30. The Morgan fingerprint density at radius 2 is 1.83 bits per heavy atom. The van der Waals surface area contributed by atoms with Gasteiger partial charge in [-0.3, -0.25) is 4.79 Å². The molecule has 0 unspecified atom stereocenters. The summed E-state index contributed by atoms with van der Waals surface area (Å²) in [6.07, 6.45) is 0.944. The van der Waals surface area contributed by atoms with Crippen molar-refractivity contribution in [3.05, 3.63) is 60.2 Å². The van der Waals surface area contributed by atoms with Crippen molar-refractivity contribution in [2.75, 3.05) is 5.32 Å². The molecule has 29 heavy (non-hydrogen) atoms. The lowest BCUT2D eigenvalue weighted by Crippen LogP contribution is -2.41. The molecule has 2 amide bonds. The van der Waals surface area contributed by atoms with Crippen LogP contribution in [0, 0.1) is 0 Å². The number of sulfonamides is 1. The van der Waals surface area contributed by atoms with E-state index in [9.17, 15) is 18.0 Å². The van der Waals surface area contributed by atoms with Gasteiger partial charge in [0.05, 0.1) is 4.90 Å². The molecule has 0 aromatic heterocycles. The highest BCUT2D eigenvalue weighted by molar-refractivity contribution is 7.89. The van der Waals surface area contributed by atoms with Gasteiger partial charge in [0.1, 0.15) is 12.6 Å². The van der Waals surface area contributed by atoms with Gasteiger partial charge in [0.2, 0.25) is 15.9 Å². The summed E-state index contributed by atoms with van der Waals surface area (Å²) in [5.41, 5.74) is 1.15. The Bertz CT molecular complexity index is 975. The first kappa shape index (κ1) is 20.8. The molecule has 2 aromatic rings. The zero-order valence-corrected chi connectivity index (χ0v) is 16.7. The van der Waals surface area contributed by atoms with Crippen molar-refractivity contribution in [2.45, 2.75) is 43.4 Å². The van der Waals surface area contributed by atoms with E-state index in [0.717, 1.165) is 18.4 Å². The average Bonchev–Trinajstić information content (AvgIpc) is 3.50. The van der Waals surface area contributed by atoms with Gasteiger partial charge in [-0.25, -0.2) is 17.9 Å². The van der Waals surface area contributed by atoms with Crippen molar-refractivity contribution in [1.82, 2.24) is 10.0 Å². The Balaban J connectivity index is 1.52. The van der Waals surface area contributed by atoms with Crippen molar-refractivity contribution in [1.29, 1.82) is 0 Å². The third-order valence-corrected chi connectivity index (χ3v) is 5.77. The molecule has 1 aliphatic carbocycles. The lowest BCUT2D eigenvalue weighted by molar-refractivity contribution is -0.117. The maximum Gasteiger partial charge on any atom is 0.408 e. The number of nitrogens with one attached hydrogen (secondary N) is 3. The SMILES string of the molecule is C[C@@H](NC(=O)OCc1ccccc1)C(=O)Nc1cccc(S(=O)(=O)NC2CC2)c1. The van der Waals surface area contributed by atoms with E-state index in [-0.39, 0.29) is 17.5 Å². The highest BCUT2D eigenvalue weighted by atomic mass is 32.2. The van der Waals surface area contributed by atoms with Gasteiger partial charge in [-0.05, 0) is 43.5 Å². The van der Waals surface area contributed by atoms with Crippen molar-refractivity contribution in [3.8, 4) is 0 Å². The second-order valence-electron chi connectivity index (χ2n) is 6.84. The van der Waals surface area contributed by atoms with Crippen LogP contribution in [0.25, 0.3) is 0 Å². The number of ether oxygens (including phenoxy) is 1. The van der Waals surface area contributed by atoms with E-state index in [4.69, 9.17) is 4.74 Å². The van der Waals surface area contributed by atoms with E-state index in [2.05, 4.69) is 15.4 Å². The second kappa shape index (κ2) is 9.06. The summed E-state index contributed by atoms with van der Waals surface area (Å²) in [6.45, 7) is 1.60. The number of carbonyl (C=O) groups is 2. The zero-order chi connectivity index (χ0) is 20.9. The number of hydrogen-bond donors (Lipinski definition) is 3. The number of carbonyl (C=O) groups excluding carboxylic acids is 2. The summed E-state index contributed by atoms with van der Waals surface area (Å²) in [7, 11) is -3.62. The molecule has 0 aliphatic heterocycles. The summed E-state index contributed by atoms with van der Waals surface area (Å²) in [4.78, 5) is 24.3. The molecule has 1 atom stereocenters. The topological polar surface area (TPSA) is 114 Å². The Labute approximate surface area is 169 Å². The van der Waals surface area contributed by atoms with Gasteiger partial charge in [0, 0.05) is 11.7 Å². The molecule has 1 saturated carbocycles. The minimum Gasteiger partial charge on any atom is -0.445 e. The van der Waals surface area contributed by atoms with Crippen LogP contribution in [-0.2, 0) is 26.2 Å². The van der Waals surface area contributed by atoms with Gasteiger partial charge in [0.25, 0.3) is 0 Å². The van der Waals surface area contributed by atoms with E-state index in [1.165, 1.54) is 19.1 Å². The van der Waals surface area contributed by atoms with Gasteiger partial charge in [-0.15, -0.1) is 0 Å². The van der Waals surface area contributed by atoms with Crippen LogP contribution < -0.4 is 15.4 Å². The van der Waals surface area contributed by atoms with E-state index < -0.39 is 28.1 Å². The molecule has 1 fully saturated rings. The van der Waals surface area contributed by atoms with Crippen LogP contribution in [0.4, 0.5) is 10.5 Å². The fraction of sp³-hybridized carbons (Fsp3) is 0.300. The van der Waals surface area contributed by atoms with Crippen molar-refractivity contribution < 1.29 is 22.7 Å². The molecule has 0 spiro atoms. The minimum absolute atomic E-state index is 0.00984.